The molecule has 0 amide bonds. The molecule has 2 heteroatoms. The first-order valence-corrected chi connectivity index (χ1v) is 4.03. The van der Waals surface area contributed by atoms with E-state index in [0.717, 1.165) is 26.0 Å². The third-order valence-electron chi connectivity index (χ3n) is 1.53. The first kappa shape index (κ1) is 10.5. The summed E-state index contributed by atoms with van der Waals surface area (Å²) in [6.07, 6.45) is 7.27. The quantitative estimate of drug-likeness (QED) is 0.457. The Morgan fingerprint density at radius 2 is 2.36 bits per heavy atom. The second-order valence-corrected chi connectivity index (χ2v) is 2.43. The normalized spacial score (nSPS) is 12.5. The monoisotopic (exact) mass is 155 g/mol. The van der Waals surface area contributed by atoms with Gasteiger partial charge in [-0.2, -0.15) is 0 Å². The molecule has 1 atom stereocenters. The van der Waals surface area contributed by atoms with Crippen LogP contribution in [0.15, 0.2) is 0 Å². The van der Waals surface area contributed by atoms with Crippen LogP contribution in [0, 0.1) is 12.3 Å². The van der Waals surface area contributed by atoms with Crippen molar-refractivity contribution in [3.63, 3.8) is 0 Å². The Labute approximate surface area is 69.3 Å². The molecular formula is C9H17NO. The summed E-state index contributed by atoms with van der Waals surface area (Å²) < 4.78 is 4.90. The summed E-state index contributed by atoms with van der Waals surface area (Å²) in [7, 11) is 1.71. The van der Waals surface area contributed by atoms with E-state index in [0.29, 0.717) is 0 Å². The van der Waals surface area contributed by atoms with Gasteiger partial charge >= 0.3 is 0 Å². The van der Waals surface area contributed by atoms with Gasteiger partial charge in [-0.1, -0.05) is 12.8 Å². The topological polar surface area (TPSA) is 21.3 Å². The summed E-state index contributed by atoms with van der Waals surface area (Å²) in [5.74, 6) is 2.68. The van der Waals surface area contributed by atoms with E-state index in [1.165, 1.54) is 0 Å². The number of hydrogen-bond donors (Lipinski definition) is 1. The van der Waals surface area contributed by atoms with E-state index >= 15 is 0 Å². The smallest absolute Gasteiger partial charge is 0.0684 e. The van der Waals surface area contributed by atoms with Crippen molar-refractivity contribution >= 4 is 0 Å². The Morgan fingerprint density at radius 3 is 2.82 bits per heavy atom. The highest BCUT2D eigenvalue weighted by Crippen LogP contribution is 1.87. The minimum atomic E-state index is 0.229. The predicted molar refractivity (Wildman–Crippen MR) is 47.4 cm³/mol. The zero-order valence-corrected chi connectivity index (χ0v) is 7.39. The minimum Gasteiger partial charge on any atom is -0.385 e. The summed E-state index contributed by atoms with van der Waals surface area (Å²) in [5.41, 5.74) is 0. The summed E-state index contributed by atoms with van der Waals surface area (Å²) in [6, 6.07) is 0.229. The maximum absolute atomic E-state index is 5.25. The number of rotatable bonds is 6. The fraction of sp³-hybridized carbons (Fsp3) is 0.778. The van der Waals surface area contributed by atoms with Crippen LogP contribution in [-0.2, 0) is 4.74 Å². The van der Waals surface area contributed by atoms with Gasteiger partial charge in [0, 0.05) is 13.7 Å². The van der Waals surface area contributed by atoms with Gasteiger partial charge in [-0.3, -0.25) is 0 Å². The van der Waals surface area contributed by atoms with E-state index in [4.69, 9.17) is 11.2 Å². The molecule has 0 aliphatic heterocycles. The Balaban J connectivity index is 3.16. The maximum Gasteiger partial charge on any atom is 0.0684 e. The van der Waals surface area contributed by atoms with Crippen LogP contribution in [-0.4, -0.2) is 26.3 Å². The standard InChI is InChI=1S/C9H17NO/c1-4-9(5-2)10-7-6-8-11-3/h1,9-10H,5-8H2,2-3H3. The lowest BCUT2D eigenvalue weighted by molar-refractivity contribution is 0.194. The van der Waals surface area contributed by atoms with E-state index in [1.54, 1.807) is 7.11 Å². The van der Waals surface area contributed by atoms with Crippen molar-refractivity contribution in [2.45, 2.75) is 25.8 Å². The third-order valence-corrected chi connectivity index (χ3v) is 1.53. The van der Waals surface area contributed by atoms with Crippen LogP contribution < -0.4 is 5.32 Å². The average Bonchev–Trinajstić information content (AvgIpc) is 2.05. The van der Waals surface area contributed by atoms with Gasteiger partial charge in [0.05, 0.1) is 6.04 Å². The first-order valence-electron chi connectivity index (χ1n) is 4.03. The highest BCUT2D eigenvalue weighted by Gasteiger charge is 1.97. The summed E-state index contributed by atoms with van der Waals surface area (Å²) >= 11 is 0. The van der Waals surface area contributed by atoms with Gasteiger partial charge in [-0.25, -0.2) is 0 Å². The molecule has 1 N–H and O–H groups in total. The molecule has 0 saturated carbocycles. The van der Waals surface area contributed by atoms with Crippen molar-refractivity contribution in [1.29, 1.82) is 0 Å². The zero-order valence-electron chi connectivity index (χ0n) is 7.39. The molecule has 0 bridgehead atoms. The minimum absolute atomic E-state index is 0.229. The van der Waals surface area contributed by atoms with E-state index < -0.39 is 0 Å². The summed E-state index contributed by atoms with van der Waals surface area (Å²) in [4.78, 5) is 0. The molecule has 0 rings (SSSR count). The number of nitrogens with one attached hydrogen (secondary N) is 1. The predicted octanol–water partition coefficient (Wildman–Crippen LogP) is 1.02. The van der Waals surface area contributed by atoms with E-state index in [9.17, 15) is 0 Å². The van der Waals surface area contributed by atoms with Crippen molar-refractivity contribution in [2.24, 2.45) is 0 Å². The summed E-state index contributed by atoms with van der Waals surface area (Å²) in [5, 5.41) is 3.24. The highest BCUT2D eigenvalue weighted by atomic mass is 16.5. The molecule has 0 fully saturated rings. The van der Waals surface area contributed by atoms with Gasteiger partial charge in [-0.05, 0) is 19.4 Å². The van der Waals surface area contributed by atoms with Crippen LogP contribution in [0.2, 0.25) is 0 Å². The van der Waals surface area contributed by atoms with Crippen LogP contribution >= 0.6 is 0 Å². The van der Waals surface area contributed by atoms with Gasteiger partial charge < -0.3 is 10.1 Å². The molecule has 0 aromatic carbocycles. The van der Waals surface area contributed by atoms with Crippen LogP contribution in [0.3, 0.4) is 0 Å². The Morgan fingerprint density at radius 1 is 1.64 bits per heavy atom. The Bertz CT molecular complexity index is 117. The lowest BCUT2D eigenvalue weighted by Gasteiger charge is -2.09. The SMILES string of the molecule is C#CC(CC)NCCCOC. The average molecular weight is 155 g/mol. The largest absolute Gasteiger partial charge is 0.385 e. The third kappa shape index (κ3) is 5.90. The molecule has 0 aromatic heterocycles. The van der Waals surface area contributed by atoms with Crippen LogP contribution in [0.1, 0.15) is 19.8 Å². The molecular weight excluding hydrogens is 138 g/mol. The molecule has 64 valence electrons. The van der Waals surface area contributed by atoms with E-state index in [1.807, 2.05) is 0 Å². The van der Waals surface area contributed by atoms with Gasteiger partial charge in [0.25, 0.3) is 0 Å². The Hall–Kier alpha value is -0.520. The number of methoxy groups -OCH3 is 1. The van der Waals surface area contributed by atoms with Crippen LogP contribution in [0.25, 0.3) is 0 Å². The fourth-order valence-corrected chi connectivity index (χ4v) is 0.814. The molecule has 0 aliphatic carbocycles. The number of ether oxygens (including phenoxy) is 1. The summed E-state index contributed by atoms with van der Waals surface area (Å²) in [6.45, 7) is 3.82. The van der Waals surface area contributed by atoms with Crippen molar-refractivity contribution in [3.8, 4) is 12.3 Å². The van der Waals surface area contributed by atoms with Gasteiger partial charge in [0.1, 0.15) is 0 Å². The maximum atomic E-state index is 5.25. The van der Waals surface area contributed by atoms with Crippen molar-refractivity contribution in [2.75, 3.05) is 20.3 Å². The first-order chi connectivity index (χ1) is 5.35. The zero-order chi connectivity index (χ0) is 8.53. The number of hydrogen-bond acceptors (Lipinski definition) is 2. The van der Waals surface area contributed by atoms with Gasteiger partial charge in [-0.15, -0.1) is 6.42 Å². The lowest BCUT2D eigenvalue weighted by Crippen LogP contribution is -2.28. The van der Waals surface area contributed by atoms with Crippen molar-refractivity contribution in [1.82, 2.24) is 5.32 Å². The van der Waals surface area contributed by atoms with E-state index in [2.05, 4.69) is 18.2 Å². The highest BCUT2D eigenvalue weighted by molar-refractivity contribution is 4.97. The molecule has 0 heterocycles. The van der Waals surface area contributed by atoms with Crippen LogP contribution in [0.5, 0.6) is 0 Å². The number of terminal acetylenes is 1. The second-order valence-electron chi connectivity index (χ2n) is 2.43. The van der Waals surface area contributed by atoms with Crippen LogP contribution in [0.4, 0.5) is 0 Å². The lowest BCUT2D eigenvalue weighted by atomic mass is 10.2. The molecule has 11 heavy (non-hydrogen) atoms. The van der Waals surface area contributed by atoms with Gasteiger partial charge in [0.2, 0.25) is 0 Å². The molecule has 0 spiro atoms. The fourth-order valence-electron chi connectivity index (χ4n) is 0.814. The van der Waals surface area contributed by atoms with Gasteiger partial charge in [0.15, 0.2) is 0 Å². The second kappa shape index (κ2) is 7.59. The molecule has 2 nitrogen and oxygen atoms in total. The molecule has 0 saturated heterocycles. The van der Waals surface area contributed by atoms with Crippen molar-refractivity contribution in [3.05, 3.63) is 0 Å². The molecule has 1 unspecified atom stereocenters. The Kier molecular flexibility index (Phi) is 7.23. The molecule has 0 radical (unpaired) electrons. The molecule has 0 aliphatic rings. The molecule has 0 aromatic rings. The van der Waals surface area contributed by atoms with E-state index in [-0.39, 0.29) is 6.04 Å². The van der Waals surface area contributed by atoms with Crippen molar-refractivity contribution < 1.29 is 4.74 Å².